The molecule has 0 aromatic carbocycles. The van der Waals surface area contributed by atoms with Crippen molar-refractivity contribution in [2.75, 3.05) is 13.1 Å². The molecular formula is C19H23N5O2. The van der Waals surface area contributed by atoms with E-state index in [-0.39, 0.29) is 23.1 Å². The fraction of sp³-hybridized carbons (Fsp3) is 0.474. The van der Waals surface area contributed by atoms with Crippen LogP contribution in [0.1, 0.15) is 35.3 Å². The molecule has 2 aromatic rings. The third kappa shape index (κ3) is 2.87. The molecule has 136 valence electrons. The van der Waals surface area contributed by atoms with Gasteiger partial charge in [-0.15, -0.1) is 0 Å². The van der Waals surface area contributed by atoms with Crippen LogP contribution in [0, 0.1) is 11.3 Å². The van der Waals surface area contributed by atoms with Crippen LogP contribution in [0.3, 0.4) is 0 Å². The van der Waals surface area contributed by atoms with Crippen molar-refractivity contribution in [1.82, 2.24) is 25.0 Å². The monoisotopic (exact) mass is 353 g/mol. The van der Waals surface area contributed by atoms with Gasteiger partial charge in [0.1, 0.15) is 5.69 Å². The lowest BCUT2D eigenvalue weighted by molar-refractivity contribution is -0.129. The number of amides is 2. The molecule has 1 N–H and O–H groups in total. The molecule has 2 fully saturated rings. The fourth-order valence-corrected chi connectivity index (χ4v) is 4.18. The summed E-state index contributed by atoms with van der Waals surface area (Å²) >= 11 is 0. The molecule has 7 heteroatoms. The van der Waals surface area contributed by atoms with E-state index in [0.29, 0.717) is 25.3 Å². The highest BCUT2D eigenvalue weighted by molar-refractivity contribution is 5.93. The van der Waals surface area contributed by atoms with E-state index in [1.165, 1.54) is 0 Å². The Kier molecular flexibility index (Phi) is 4.22. The average Bonchev–Trinajstić information content (AvgIpc) is 3.24. The molecule has 4 rings (SSSR count). The molecule has 7 nitrogen and oxygen atoms in total. The van der Waals surface area contributed by atoms with Gasteiger partial charge in [0.15, 0.2) is 0 Å². The maximum atomic E-state index is 12.9. The van der Waals surface area contributed by atoms with E-state index >= 15 is 0 Å². The Balaban J connectivity index is 1.46. The minimum Gasteiger partial charge on any atom is -0.352 e. The Morgan fingerprint density at radius 2 is 2.00 bits per heavy atom. The van der Waals surface area contributed by atoms with Crippen molar-refractivity contribution in [3.05, 3.63) is 48.0 Å². The molecule has 3 heterocycles. The molecule has 1 spiro atoms. The van der Waals surface area contributed by atoms with Crippen LogP contribution in [0.25, 0.3) is 0 Å². The lowest BCUT2D eigenvalue weighted by atomic mass is 9.62. The minimum atomic E-state index is -0.143. The summed E-state index contributed by atoms with van der Waals surface area (Å²) in [6, 6.07) is 5.52. The third-order valence-corrected chi connectivity index (χ3v) is 5.86. The molecule has 2 amide bonds. The number of nitrogens with one attached hydrogen (secondary N) is 1. The normalized spacial score (nSPS) is 20.8. The van der Waals surface area contributed by atoms with E-state index in [1.54, 1.807) is 36.4 Å². The zero-order valence-corrected chi connectivity index (χ0v) is 14.9. The molecule has 1 aliphatic heterocycles. The van der Waals surface area contributed by atoms with E-state index in [1.807, 2.05) is 17.0 Å². The zero-order valence-electron chi connectivity index (χ0n) is 14.9. The quantitative estimate of drug-likeness (QED) is 0.900. The predicted octanol–water partition coefficient (Wildman–Crippen LogP) is 1.37. The lowest BCUT2D eigenvalue weighted by Gasteiger charge is -2.41. The number of likely N-dealkylation sites (tertiary alicyclic amines) is 1. The summed E-state index contributed by atoms with van der Waals surface area (Å²) in [5.41, 5.74) is 1.53. The first kappa shape index (κ1) is 16.8. The van der Waals surface area contributed by atoms with Crippen molar-refractivity contribution in [3.8, 4) is 0 Å². The van der Waals surface area contributed by atoms with Gasteiger partial charge in [0.25, 0.3) is 5.91 Å². The van der Waals surface area contributed by atoms with Gasteiger partial charge in [-0.05, 0) is 36.6 Å². The van der Waals surface area contributed by atoms with Crippen molar-refractivity contribution < 1.29 is 9.59 Å². The first-order chi connectivity index (χ1) is 12.6. The van der Waals surface area contributed by atoms with Crippen LogP contribution >= 0.6 is 0 Å². The second-order valence-corrected chi connectivity index (χ2v) is 7.37. The van der Waals surface area contributed by atoms with Gasteiger partial charge in [-0.3, -0.25) is 19.3 Å². The van der Waals surface area contributed by atoms with Crippen molar-refractivity contribution in [1.29, 1.82) is 0 Å². The van der Waals surface area contributed by atoms with E-state index in [4.69, 9.17) is 0 Å². The molecule has 2 aromatic heterocycles. The second kappa shape index (κ2) is 6.55. The summed E-state index contributed by atoms with van der Waals surface area (Å²) in [6.45, 7) is 1.63. The van der Waals surface area contributed by atoms with E-state index in [2.05, 4.69) is 15.4 Å². The summed E-state index contributed by atoms with van der Waals surface area (Å²) in [6.07, 6.45) is 8.21. The van der Waals surface area contributed by atoms with Crippen LogP contribution in [0.5, 0.6) is 0 Å². The number of nitrogens with zero attached hydrogens (tertiary/aromatic N) is 4. The smallest absolute Gasteiger partial charge is 0.272 e. The maximum Gasteiger partial charge on any atom is 0.272 e. The molecule has 1 saturated heterocycles. The Morgan fingerprint density at radius 3 is 2.62 bits per heavy atom. The first-order valence-corrected chi connectivity index (χ1v) is 9.03. The van der Waals surface area contributed by atoms with Crippen LogP contribution in [0.15, 0.2) is 36.8 Å². The summed E-state index contributed by atoms with van der Waals surface area (Å²) in [5, 5.41) is 7.13. The third-order valence-electron chi connectivity index (χ3n) is 5.86. The molecular weight excluding hydrogens is 330 g/mol. The van der Waals surface area contributed by atoms with E-state index in [9.17, 15) is 9.59 Å². The highest BCUT2D eigenvalue weighted by Crippen LogP contribution is 2.51. The predicted molar refractivity (Wildman–Crippen MR) is 95.0 cm³/mol. The first-order valence-electron chi connectivity index (χ1n) is 9.03. The van der Waals surface area contributed by atoms with Crippen LogP contribution in [0.2, 0.25) is 0 Å². The molecule has 1 unspecified atom stereocenters. The maximum absolute atomic E-state index is 12.9. The minimum absolute atomic E-state index is 0.0410. The molecule has 2 aliphatic rings. The number of carbonyl (C=O) groups is 2. The van der Waals surface area contributed by atoms with Gasteiger partial charge in [-0.25, -0.2) is 0 Å². The van der Waals surface area contributed by atoms with Crippen molar-refractivity contribution in [2.45, 2.75) is 25.8 Å². The Labute approximate surface area is 152 Å². The number of hydrogen-bond acceptors (Lipinski definition) is 4. The van der Waals surface area contributed by atoms with Gasteiger partial charge in [0.05, 0.1) is 5.92 Å². The van der Waals surface area contributed by atoms with Gasteiger partial charge in [0.2, 0.25) is 5.91 Å². The van der Waals surface area contributed by atoms with Gasteiger partial charge in [-0.1, -0.05) is 6.42 Å². The molecule has 1 aliphatic carbocycles. The Hall–Kier alpha value is -2.70. The standard InChI is InChI=1S/C19H23N5O2/c1-23-16(5-10-22-23)18(26)24-12-15(19(13-24)6-2-7-19)17(25)21-11-14-3-8-20-9-4-14/h3-5,8-10,15H,2,6-7,11-13H2,1H3,(H,21,25). The molecule has 1 atom stereocenters. The highest BCUT2D eigenvalue weighted by atomic mass is 16.2. The average molecular weight is 353 g/mol. The van der Waals surface area contributed by atoms with E-state index < -0.39 is 0 Å². The number of aromatic nitrogens is 3. The summed E-state index contributed by atoms with van der Waals surface area (Å²) in [5.74, 6) is -0.141. The topological polar surface area (TPSA) is 80.1 Å². The zero-order chi connectivity index (χ0) is 18.1. The second-order valence-electron chi connectivity index (χ2n) is 7.37. The molecule has 26 heavy (non-hydrogen) atoms. The Bertz CT molecular complexity index is 812. The van der Waals surface area contributed by atoms with Crippen LogP contribution in [-0.4, -0.2) is 44.6 Å². The van der Waals surface area contributed by atoms with Gasteiger partial charge in [0, 0.05) is 50.7 Å². The molecule has 0 bridgehead atoms. The number of hydrogen-bond donors (Lipinski definition) is 1. The largest absolute Gasteiger partial charge is 0.352 e. The Morgan fingerprint density at radius 1 is 1.23 bits per heavy atom. The van der Waals surface area contributed by atoms with Gasteiger partial charge < -0.3 is 10.2 Å². The summed E-state index contributed by atoms with van der Waals surface area (Å²) < 4.78 is 1.59. The molecule has 0 radical (unpaired) electrons. The van der Waals surface area contributed by atoms with Crippen LogP contribution in [0.4, 0.5) is 0 Å². The highest BCUT2D eigenvalue weighted by Gasteiger charge is 2.54. The lowest BCUT2D eigenvalue weighted by Crippen LogP contribution is -2.45. The number of rotatable bonds is 4. The number of aryl methyl sites for hydroxylation is 1. The van der Waals surface area contributed by atoms with Crippen molar-refractivity contribution >= 4 is 11.8 Å². The number of carbonyl (C=O) groups excluding carboxylic acids is 2. The summed E-state index contributed by atoms with van der Waals surface area (Å²) in [7, 11) is 1.77. The van der Waals surface area contributed by atoms with Crippen molar-refractivity contribution in [2.24, 2.45) is 18.4 Å². The van der Waals surface area contributed by atoms with Crippen LogP contribution < -0.4 is 5.32 Å². The molecule has 1 saturated carbocycles. The van der Waals surface area contributed by atoms with Crippen molar-refractivity contribution in [3.63, 3.8) is 0 Å². The SMILES string of the molecule is Cn1nccc1C(=O)N1CC(C(=O)NCc2ccncc2)C2(CCC2)C1. The fourth-order valence-electron chi connectivity index (χ4n) is 4.18. The van der Waals surface area contributed by atoms with Gasteiger partial charge in [-0.2, -0.15) is 5.10 Å². The van der Waals surface area contributed by atoms with Crippen LogP contribution in [-0.2, 0) is 18.4 Å². The number of pyridine rings is 1. The van der Waals surface area contributed by atoms with Gasteiger partial charge >= 0.3 is 0 Å². The summed E-state index contributed by atoms with van der Waals surface area (Å²) in [4.78, 5) is 31.5. The van der Waals surface area contributed by atoms with E-state index in [0.717, 1.165) is 24.8 Å².